The minimum absolute atomic E-state index is 0.00792. The fourth-order valence-corrected chi connectivity index (χ4v) is 9.98. The van der Waals surface area contributed by atoms with E-state index >= 15 is 0 Å². The third kappa shape index (κ3) is 6.57. The van der Waals surface area contributed by atoms with E-state index in [1.54, 1.807) is 0 Å². The molecular formula is C57H63N3O2. The van der Waals surface area contributed by atoms with Gasteiger partial charge < -0.3 is 9.47 Å². The van der Waals surface area contributed by atoms with Gasteiger partial charge in [0.1, 0.15) is 22.9 Å². The van der Waals surface area contributed by atoms with Crippen molar-refractivity contribution in [3.05, 3.63) is 164 Å². The van der Waals surface area contributed by atoms with Crippen LogP contribution in [0.25, 0.3) is 11.1 Å². The van der Waals surface area contributed by atoms with Crippen molar-refractivity contribution in [1.82, 2.24) is 4.98 Å². The monoisotopic (exact) mass is 824 g/mol. The van der Waals surface area contributed by atoms with Crippen molar-refractivity contribution in [3.8, 4) is 22.6 Å². The number of benzene rings is 5. The van der Waals surface area contributed by atoms with Crippen molar-refractivity contribution in [2.24, 2.45) is 4.99 Å². The van der Waals surface area contributed by atoms with Crippen LogP contribution >= 0.6 is 0 Å². The largest absolute Gasteiger partial charge is 0.464 e. The first-order valence-corrected chi connectivity index (χ1v) is 22.4. The Balaban J connectivity index is 1.21. The third-order valence-electron chi connectivity index (χ3n) is 14.0. The topological polar surface area (TPSA) is 47.0 Å². The number of ether oxygens (including phenoxy) is 2. The zero-order valence-electron chi connectivity index (χ0n) is 41.1. The first-order valence-electron chi connectivity index (χ1n) is 23.4. The van der Waals surface area contributed by atoms with Gasteiger partial charge >= 0.3 is 0 Å². The average Bonchev–Trinajstić information content (AvgIpc) is 3.58. The second-order valence-corrected chi connectivity index (χ2v) is 20.5. The van der Waals surface area contributed by atoms with Gasteiger partial charge in [0.25, 0.3) is 0 Å². The molecule has 5 heteroatoms. The molecule has 0 fully saturated rings. The summed E-state index contributed by atoms with van der Waals surface area (Å²) in [5.41, 5.74) is 13.3. The summed E-state index contributed by atoms with van der Waals surface area (Å²) in [7, 11) is 0. The van der Waals surface area contributed by atoms with Gasteiger partial charge in [0, 0.05) is 43.5 Å². The highest BCUT2D eigenvalue weighted by atomic mass is 16.5. The molecule has 0 saturated carbocycles. The van der Waals surface area contributed by atoms with Gasteiger partial charge in [-0.25, -0.2) is 9.98 Å². The Morgan fingerprint density at radius 1 is 0.742 bits per heavy atom. The molecule has 0 amide bonds. The van der Waals surface area contributed by atoms with E-state index in [4.69, 9.17) is 19.5 Å². The van der Waals surface area contributed by atoms with Crippen molar-refractivity contribution in [1.29, 1.82) is 0 Å². The highest BCUT2D eigenvalue weighted by Crippen LogP contribution is 2.55. The zero-order chi connectivity index (χ0) is 46.1. The Morgan fingerprint density at radius 2 is 1.44 bits per heavy atom. The lowest BCUT2D eigenvalue weighted by Gasteiger charge is -2.41. The van der Waals surface area contributed by atoms with E-state index < -0.39 is 17.5 Å². The van der Waals surface area contributed by atoms with Gasteiger partial charge in [-0.15, -0.1) is 0 Å². The van der Waals surface area contributed by atoms with E-state index in [1.165, 1.54) is 33.4 Å². The smallest absolute Gasteiger partial charge is 0.217 e. The number of rotatable bonds is 7. The maximum atomic E-state index is 9.65. The number of hydrogen-bond donors (Lipinski definition) is 0. The quantitative estimate of drug-likeness (QED) is 0.161. The molecule has 2 atom stereocenters. The molecule has 0 spiro atoms. The molecule has 0 N–H and O–H groups in total. The second-order valence-electron chi connectivity index (χ2n) is 20.5. The van der Waals surface area contributed by atoms with Crippen molar-refractivity contribution in [2.75, 3.05) is 4.90 Å². The Hall–Kier alpha value is -5.68. The Morgan fingerprint density at radius 3 is 2.13 bits per heavy atom. The number of pyridine rings is 1. The molecule has 0 bridgehead atoms. The molecule has 3 heterocycles. The lowest BCUT2D eigenvalue weighted by molar-refractivity contribution is 0.0450. The van der Waals surface area contributed by atoms with Crippen LogP contribution in [0.1, 0.15) is 152 Å². The average molecular weight is 824 g/mol. The fourth-order valence-electron chi connectivity index (χ4n) is 9.98. The maximum Gasteiger partial charge on any atom is 0.217 e. The van der Waals surface area contributed by atoms with Crippen LogP contribution in [0.15, 0.2) is 108 Å². The van der Waals surface area contributed by atoms with Crippen LogP contribution in [0.5, 0.6) is 11.5 Å². The van der Waals surface area contributed by atoms with Crippen molar-refractivity contribution >= 4 is 23.1 Å². The minimum Gasteiger partial charge on any atom is -0.464 e. The van der Waals surface area contributed by atoms with Crippen LogP contribution in [0.2, 0.25) is 0 Å². The number of anilines is 3. The van der Waals surface area contributed by atoms with E-state index in [0.717, 1.165) is 50.6 Å². The van der Waals surface area contributed by atoms with E-state index in [-0.39, 0.29) is 22.7 Å². The summed E-state index contributed by atoms with van der Waals surface area (Å²) in [5, 5.41) is 0. The predicted octanol–water partition coefficient (Wildman–Crippen LogP) is 15.1. The molecule has 3 aliphatic rings. The van der Waals surface area contributed by atoms with Gasteiger partial charge in [-0.3, -0.25) is 4.90 Å². The van der Waals surface area contributed by atoms with Crippen LogP contribution < -0.4 is 9.64 Å². The van der Waals surface area contributed by atoms with E-state index in [0.29, 0.717) is 23.0 Å². The van der Waals surface area contributed by atoms with Crippen molar-refractivity contribution < 1.29 is 12.2 Å². The standard InChI is InChI=1S/C57H63N3O2/c1-33(2)44-17-15-18-45(34(3)4)51(44)38-27-39(53-59-56(13)32-46-37(7)36(6)20-22-47(46)57(56,14)62-53)29-43(28-38)61-42-26-35(5)25-41(31-42)60-50-23-21-40(54(8,9)10)30-49(50)55(11,12)48-19-16-24-58-52(48)60/h15-31,33-34H,32H2,1-14H3/t56-,57+/m1/s1/i32D2. The van der Waals surface area contributed by atoms with E-state index in [2.05, 4.69) is 153 Å². The number of hydrogen-bond acceptors (Lipinski definition) is 5. The number of aryl methyl sites for hydroxylation is 2. The Kier molecular flexibility index (Phi) is 9.13. The van der Waals surface area contributed by atoms with Crippen LogP contribution in [0, 0.1) is 20.8 Å². The minimum atomic E-state index is -1.77. The summed E-state index contributed by atoms with van der Waals surface area (Å²) in [6, 6.07) is 34.6. The second kappa shape index (κ2) is 14.4. The van der Waals surface area contributed by atoms with Crippen LogP contribution in [0.3, 0.4) is 0 Å². The van der Waals surface area contributed by atoms with E-state index in [9.17, 15) is 2.74 Å². The van der Waals surface area contributed by atoms with Gasteiger partial charge in [-0.2, -0.15) is 0 Å². The number of fused-ring (bicyclic) bond motifs is 5. The third-order valence-corrected chi connectivity index (χ3v) is 14.0. The Bertz CT molecular complexity index is 2890. The van der Waals surface area contributed by atoms with Gasteiger partial charge in [0.15, 0.2) is 5.60 Å². The molecule has 0 saturated heterocycles. The normalized spacial score (nSPS) is 21.1. The molecule has 1 aromatic heterocycles. The van der Waals surface area contributed by atoms with Gasteiger partial charge in [0.05, 0.1) is 11.4 Å². The highest BCUT2D eigenvalue weighted by Gasteiger charge is 2.59. The number of aromatic nitrogens is 1. The van der Waals surface area contributed by atoms with Crippen LogP contribution in [-0.2, 0) is 27.5 Å². The first kappa shape index (κ1) is 39.2. The summed E-state index contributed by atoms with van der Waals surface area (Å²) in [6.45, 7) is 30.4. The lowest BCUT2D eigenvalue weighted by atomic mass is 9.72. The SMILES string of the molecule is [2H]C1([2H])c2c(ccc(C)c2C)[C@]2(C)OC(c3cc(Oc4cc(C)cc(N5c6ccc(C(C)(C)C)cc6C(C)(C)c6cccnc65)c4)cc(-c4c(C(C)C)cccc4C(C)C)c3)=N[C@]12C. The molecule has 62 heavy (non-hydrogen) atoms. The summed E-state index contributed by atoms with van der Waals surface area (Å²) < 4.78 is 33.4. The van der Waals surface area contributed by atoms with Crippen LogP contribution in [0.4, 0.5) is 17.2 Å². The molecule has 0 radical (unpaired) electrons. The predicted molar refractivity (Wildman–Crippen MR) is 258 cm³/mol. The molecular weight excluding hydrogens is 759 g/mol. The number of aliphatic imine (C=N–C) groups is 1. The molecule has 318 valence electrons. The summed E-state index contributed by atoms with van der Waals surface area (Å²) in [4.78, 5) is 12.6. The Labute approximate surface area is 373 Å². The van der Waals surface area contributed by atoms with Crippen molar-refractivity contribution in [3.63, 3.8) is 0 Å². The molecule has 2 aliphatic heterocycles. The van der Waals surface area contributed by atoms with E-state index in [1.807, 2.05) is 52.1 Å². The zero-order valence-corrected chi connectivity index (χ0v) is 39.1. The van der Waals surface area contributed by atoms with Crippen LogP contribution in [-0.4, -0.2) is 16.4 Å². The van der Waals surface area contributed by atoms with Gasteiger partial charge in [-0.1, -0.05) is 111 Å². The highest BCUT2D eigenvalue weighted by molar-refractivity contribution is 5.98. The molecule has 1 aliphatic carbocycles. The fraction of sp³-hybridized carbons (Fsp3) is 0.368. The summed E-state index contributed by atoms with van der Waals surface area (Å²) >= 11 is 0. The van der Waals surface area contributed by atoms with Crippen molar-refractivity contribution in [2.45, 2.75) is 137 Å². The van der Waals surface area contributed by atoms with Gasteiger partial charge in [0.2, 0.25) is 5.90 Å². The molecule has 9 rings (SSSR count). The molecule has 6 aromatic rings. The number of nitrogens with zero attached hydrogens (tertiary/aromatic N) is 3. The molecule has 5 nitrogen and oxygen atoms in total. The first-order chi connectivity index (χ1) is 30.0. The summed E-state index contributed by atoms with van der Waals surface area (Å²) in [6.07, 6.45) is 0.106. The van der Waals surface area contributed by atoms with Gasteiger partial charge in [-0.05, 0) is 150 Å². The summed E-state index contributed by atoms with van der Waals surface area (Å²) in [5.74, 6) is 3.18. The molecule has 5 aromatic carbocycles. The molecule has 0 unspecified atom stereocenters. The lowest BCUT2D eigenvalue weighted by Crippen LogP contribution is -2.40. The maximum absolute atomic E-state index is 9.65.